The maximum Gasteiger partial charge on any atom is 0.460 e. The number of hydrogen-bond acceptors (Lipinski definition) is 0. The molecule has 0 aliphatic heterocycles. The highest BCUT2D eigenvalue weighted by molar-refractivity contribution is 6.20. The zero-order valence-electron chi connectivity index (χ0n) is 11.6. The fourth-order valence-electron chi connectivity index (χ4n) is 1.71. The van der Waals surface area contributed by atoms with Crippen LogP contribution in [-0.2, 0) is 0 Å². The summed E-state index contributed by atoms with van der Waals surface area (Å²) in [5.41, 5.74) is 0. The first kappa shape index (κ1) is 21.7. The van der Waals surface area contributed by atoms with E-state index >= 15 is 0 Å². The van der Waals surface area contributed by atoms with Crippen molar-refractivity contribution in [3.63, 3.8) is 0 Å². The van der Waals surface area contributed by atoms with Crippen molar-refractivity contribution in [1.29, 1.82) is 0 Å². The molecule has 0 aromatic heterocycles. The van der Waals surface area contributed by atoms with Gasteiger partial charge in [-0.05, 0) is 6.42 Å². The third-order valence-corrected chi connectivity index (χ3v) is 3.43. The van der Waals surface area contributed by atoms with Gasteiger partial charge in [0.2, 0.25) is 0 Å². The minimum Gasteiger partial charge on any atom is -0.200 e. The molecule has 0 bridgehead atoms. The summed E-state index contributed by atoms with van der Waals surface area (Å²) in [4.78, 5) is 0. The average Bonchev–Trinajstić information content (AvgIpc) is 2.32. The maximum absolute atomic E-state index is 13.2. The Morgan fingerprint density at radius 2 is 1.27 bits per heavy atom. The Labute approximate surface area is 127 Å². The molecule has 0 spiro atoms. The molecule has 0 nitrogen and oxygen atoms in total. The first-order valence-corrected chi connectivity index (χ1v) is 6.98. The van der Waals surface area contributed by atoms with E-state index < -0.39 is 35.7 Å². The van der Waals surface area contributed by atoms with E-state index in [2.05, 4.69) is 0 Å². The van der Waals surface area contributed by atoms with Gasteiger partial charge in [0.1, 0.15) is 0 Å². The minimum absolute atomic E-state index is 0.176. The highest BCUT2D eigenvalue weighted by Gasteiger charge is 2.81. The average molecular weight is 367 g/mol. The SMILES string of the molecule is CCCCCCC(Cl)CC(F)(F)C(F)(F)C(F)(F)C(F)(F)F. The zero-order valence-corrected chi connectivity index (χ0v) is 12.4. The molecule has 0 radical (unpaired) electrons. The van der Waals surface area contributed by atoms with Crippen LogP contribution in [0, 0.1) is 0 Å². The van der Waals surface area contributed by atoms with E-state index in [4.69, 9.17) is 11.6 Å². The summed E-state index contributed by atoms with van der Waals surface area (Å²) in [7, 11) is 0. The quantitative estimate of drug-likeness (QED) is 0.251. The van der Waals surface area contributed by atoms with Crippen LogP contribution in [0.2, 0.25) is 0 Å². The number of halogens is 10. The minimum atomic E-state index is -6.84. The van der Waals surface area contributed by atoms with Crippen molar-refractivity contribution in [2.45, 2.75) is 74.8 Å². The number of rotatable bonds is 9. The van der Waals surface area contributed by atoms with Gasteiger partial charge in [-0.25, -0.2) is 0 Å². The summed E-state index contributed by atoms with van der Waals surface area (Å²) in [5, 5.41) is -1.62. The van der Waals surface area contributed by atoms with Gasteiger partial charge < -0.3 is 0 Å². The lowest BCUT2D eigenvalue weighted by Crippen LogP contribution is -2.61. The zero-order chi connectivity index (χ0) is 17.8. The van der Waals surface area contributed by atoms with Crippen LogP contribution in [0.4, 0.5) is 39.5 Å². The monoisotopic (exact) mass is 366 g/mol. The Hall–Kier alpha value is -0.340. The van der Waals surface area contributed by atoms with E-state index in [9.17, 15) is 39.5 Å². The van der Waals surface area contributed by atoms with Gasteiger partial charge in [0, 0.05) is 11.8 Å². The predicted molar refractivity (Wildman–Crippen MR) is 63.9 cm³/mol. The molecule has 0 aliphatic rings. The topological polar surface area (TPSA) is 0 Å². The highest BCUT2D eigenvalue weighted by atomic mass is 35.5. The first-order chi connectivity index (χ1) is 9.70. The molecule has 0 aliphatic carbocycles. The summed E-state index contributed by atoms with van der Waals surface area (Å²) in [6, 6.07) is 0. The summed E-state index contributed by atoms with van der Waals surface area (Å²) in [6.45, 7) is 1.85. The molecule has 0 saturated carbocycles. The van der Waals surface area contributed by atoms with E-state index in [-0.39, 0.29) is 6.42 Å². The predicted octanol–water partition coefficient (Wildman–Crippen LogP) is 6.42. The molecule has 1 atom stereocenters. The maximum atomic E-state index is 13.2. The smallest absolute Gasteiger partial charge is 0.200 e. The highest BCUT2D eigenvalue weighted by Crippen LogP contribution is 2.54. The molecule has 0 N–H and O–H groups in total. The Morgan fingerprint density at radius 3 is 1.68 bits per heavy atom. The molecule has 1 unspecified atom stereocenters. The van der Waals surface area contributed by atoms with Crippen LogP contribution in [0.1, 0.15) is 45.4 Å². The lowest BCUT2D eigenvalue weighted by atomic mass is 9.97. The van der Waals surface area contributed by atoms with Crippen molar-refractivity contribution < 1.29 is 39.5 Å². The van der Waals surface area contributed by atoms with Gasteiger partial charge in [0.15, 0.2) is 0 Å². The summed E-state index contributed by atoms with van der Waals surface area (Å²) in [5.74, 6) is -19.0. The summed E-state index contributed by atoms with van der Waals surface area (Å²) >= 11 is 5.38. The largest absolute Gasteiger partial charge is 0.460 e. The normalized spacial score (nSPS) is 16.0. The molecular formula is C12H16ClF9. The molecule has 0 amide bonds. The second kappa shape index (κ2) is 7.49. The van der Waals surface area contributed by atoms with Gasteiger partial charge in [-0.2, -0.15) is 39.5 Å². The van der Waals surface area contributed by atoms with Crippen molar-refractivity contribution in [3.8, 4) is 0 Å². The van der Waals surface area contributed by atoms with E-state index in [0.29, 0.717) is 12.8 Å². The standard InChI is InChI=1S/C12H16ClF9/c1-2-3-4-5-6-8(13)7-9(14,15)10(16,17)11(18,19)12(20,21)22/h8H,2-7H2,1H3. The van der Waals surface area contributed by atoms with E-state index in [1.54, 1.807) is 0 Å². The van der Waals surface area contributed by atoms with E-state index in [0.717, 1.165) is 12.8 Å². The van der Waals surface area contributed by atoms with E-state index in [1.807, 2.05) is 6.92 Å². The van der Waals surface area contributed by atoms with Gasteiger partial charge in [-0.1, -0.05) is 32.6 Å². The lowest BCUT2D eigenvalue weighted by molar-refractivity contribution is -0.396. The van der Waals surface area contributed by atoms with Crippen molar-refractivity contribution in [2.75, 3.05) is 0 Å². The lowest BCUT2D eigenvalue weighted by Gasteiger charge is -2.34. The molecule has 0 heterocycles. The molecule has 10 heteroatoms. The second-order valence-electron chi connectivity index (χ2n) is 5.00. The van der Waals surface area contributed by atoms with Gasteiger partial charge in [0.05, 0.1) is 0 Å². The van der Waals surface area contributed by atoms with Crippen molar-refractivity contribution in [3.05, 3.63) is 0 Å². The third kappa shape index (κ3) is 4.83. The van der Waals surface area contributed by atoms with Gasteiger partial charge in [-0.15, -0.1) is 11.6 Å². The molecule has 0 fully saturated rings. The van der Waals surface area contributed by atoms with Crippen LogP contribution in [-0.4, -0.2) is 29.3 Å². The van der Waals surface area contributed by atoms with Crippen LogP contribution in [0.5, 0.6) is 0 Å². The molecule has 0 saturated heterocycles. The molecule has 22 heavy (non-hydrogen) atoms. The molecule has 134 valence electrons. The molecule has 0 rings (SSSR count). The fourth-order valence-corrected chi connectivity index (χ4v) is 2.06. The Bertz CT molecular complexity index is 338. The van der Waals surface area contributed by atoms with Crippen LogP contribution in [0.15, 0.2) is 0 Å². The van der Waals surface area contributed by atoms with Gasteiger partial charge >= 0.3 is 23.9 Å². The van der Waals surface area contributed by atoms with Crippen LogP contribution in [0.3, 0.4) is 0 Å². The number of hydrogen-bond donors (Lipinski definition) is 0. The molecule has 0 aromatic carbocycles. The fraction of sp³-hybridized carbons (Fsp3) is 1.00. The first-order valence-electron chi connectivity index (χ1n) is 6.55. The van der Waals surface area contributed by atoms with Crippen LogP contribution >= 0.6 is 11.6 Å². The second-order valence-corrected chi connectivity index (χ2v) is 5.62. The van der Waals surface area contributed by atoms with Gasteiger partial charge in [0.25, 0.3) is 0 Å². The third-order valence-electron chi connectivity index (χ3n) is 3.06. The van der Waals surface area contributed by atoms with Crippen molar-refractivity contribution >= 4 is 11.6 Å². The Morgan fingerprint density at radius 1 is 0.773 bits per heavy atom. The van der Waals surface area contributed by atoms with Crippen molar-refractivity contribution in [1.82, 2.24) is 0 Å². The van der Waals surface area contributed by atoms with Crippen LogP contribution < -0.4 is 0 Å². The summed E-state index contributed by atoms with van der Waals surface area (Å²) in [6.07, 6.45) is -6.52. The summed E-state index contributed by atoms with van der Waals surface area (Å²) < 4.78 is 113. The van der Waals surface area contributed by atoms with Crippen LogP contribution in [0.25, 0.3) is 0 Å². The Balaban J connectivity index is 4.90. The molecular weight excluding hydrogens is 351 g/mol. The van der Waals surface area contributed by atoms with Gasteiger partial charge in [-0.3, -0.25) is 0 Å². The molecule has 0 aromatic rings. The number of unbranched alkanes of at least 4 members (excludes halogenated alkanes) is 3. The van der Waals surface area contributed by atoms with E-state index in [1.165, 1.54) is 0 Å². The number of alkyl halides is 10. The Kier molecular flexibility index (Phi) is 7.37. The van der Waals surface area contributed by atoms with Crippen molar-refractivity contribution in [2.24, 2.45) is 0 Å².